The van der Waals surface area contributed by atoms with E-state index >= 15 is 0 Å². The minimum atomic E-state index is -3.58. The molecule has 2 heterocycles. The highest BCUT2D eigenvalue weighted by Crippen LogP contribution is 2.18. The Bertz CT molecular complexity index is 768. The molecule has 0 bridgehead atoms. The van der Waals surface area contributed by atoms with Gasteiger partial charge in [-0.25, -0.2) is 12.8 Å². The summed E-state index contributed by atoms with van der Waals surface area (Å²) in [7, 11) is -3.58. The first-order valence-electron chi connectivity index (χ1n) is 7.22. The average Bonchev–Trinajstić information content (AvgIpc) is 2.93. The van der Waals surface area contributed by atoms with Crippen molar-refractivity contribution >= 4 is 10.0 Å². The molecule has 7 nitrogen and oxygen atoms in total. The normalized spacial score (nSPS) is 17.5. The van der Waals surface area contributed by atoms with Crippen LogP contribution in [0.5, 0.6) is 0 Å². The molecule has 1 aromatic carbocycles. The van der Waals surface area contributed by atoms with Crippen molar-refractivity contribution < 1.29 is 17.3 Å². The zero-order valence-corrected chi connectivity index (χ0v) is 13.5. The van der Waals surface area contributed by atoms with Gasteiger partial charge in [-0.1, -0.05) is 5.16 Å². The highest BCUT2D eigenvalue weighted by Gasteiger charge is 2.28. The molecule has 0 amide bonds. The maximum absolute atomic E-state index is 12.9. The number of halogens is 1. The minimum absolute atomic E-state index is 0.112. The van der Waals surface area contributed by atoms with E-state index in [1.54, 1.807) is 6.92 Å². The molecule has 1 fully saturated rings. The molecule has 0 saturated carbocycles. The first kappa shape index (κ1) is 16.0. The molecule has 1 aliphatic heterocycles. The van der Waals surface area contributed by atoms with E-state index in [4.69, 9.17) is 4.52 Å². The number of aromatic nitrogens is 2. The van der Waals surface area contributed by atoms with Crippen molar-refractivity contribution in [3.63, 3.8) is 0 Å². The highest BCUT2D eigenvalue weighted by atomic mass is 32.2. The van der Waals surface area contributed by atoms with Crippen molar-refractivity contribution in [2.75, 3.05) is 26.2 Å². The quantitative estimate of drug-likeness (QED) is 0.827. The van der Waals surface area contributed by atoms with E-state index in [1.165, 1.54) is 16.4 Å². The Labute approximate surface area is 133 Å². The third-order valence-corrected chi connectivity index (χ3v) is 5.63. The second kappa shape index (κ2) is 6.34. The van der Waals surface area contributed by atoms with E-state index in [-0.39, 0.29) is 4.90 Å². The van der Waals surface area contributed by atoms with Crippen molar-refractivity contribution in [1.82, 2.24) is 19.3 Å². The topological polar surface area (TPSA) is 79.5 Å². The van der Waals surface area contributed by atoms with Crippen LogP contribution in [0.3, 0.4) is 0 Å². The van der Waals surface area contributed by atoms with Crippen LogP contribution in [0.4, 0.5) is 4.39 Å². The first-order valence-corrected chi connectivity index (χ1v) is 8.66. The van der Waals surface area contributed by atoms with Gasteiger partial charge in [0.2, 0.25) is 15.9 Å². The first-order chi connectivity index (χ1) is 10.9. The summed E-state index contributed by atoms with van der Waals surface area (Å²) in [5.74, 6) is 0.652. The molecule has 1 saturated heterocycles. The van der Waals surface area contributed by atoms with Crippen LogP contribution in [-0.2, 0) is 16.6 Å². The van der Waals surface area contributed by atoms with Gasteiger partial charge < -0.3 is 4.52 Å². The Morgan fingerprint density at radius 1 is 1.17 bits per heavy atom. The second-order valence-electron chi connectivity index (χ2n) is 5.36. The summed E-state index contributed by atoms with van der Waals surface area (Å²) in [6, 6.07) is 4.89. The van der Waals surface area contributed by atoms with Crippen LogP contribution >= 0.6 is 0 Å². The summed E-state index contributed by atoms with van der Waals surface area (Å²) in [5, 5.41) is 3.84. The molecule has 1 aliphatic rings. The monoisotopic (exact) mass is 340 g/mol. The van der Waals surface area contributed by atoms with Crippen LogP contribution in [0.25, 0.3) is 0 Å². The van der Waals surface area contributed by atoms with Gasteiger partial charge in [0.25, 0.3) is 0 Å². The van der Waals surface area contributed by atoms with Crippen LogP contribution in [0, 0.1) is 12.7 Å². The molecule has 9 heteroatoms. The molecular weight excluding hydrogens is 323 g/mol. The van der Waals surface area contributed by atoms with Gasteiger partial charge in [-0.2, -0.15) is 9.29 Å². The van der Waals surface area contributed by atoms with Crippen molar-refractivity contribution in [3.05, 3.63) is 41.8 Å². The van der Waals surface area contributed by atoms with Crippen molar-refractivity contribution in [3.8, 4) is 0 Å². The SMILES string of the molecule is Cc1nc(CN2CCN(S(=O)(=O)c3ccc(F)cc3)CC2)no1. The van der Waals surface area contributed by atoms with Crippen LogP contribution in [-0.4, -0.2) is 53.9 Å². The molecule has 1 aromatic heterocycles. The summed E-state index contributed by atoms with van der Waals surface area (Å²) in [5.41, 5.74) is 0. The summed E-state index contributed by atoms with van der Waals surface area (Å²) in [4.78, 5) is 6.32. The van der Waals surface area contributed by atoms with E-state index in [2.05, 4.69) is 15.0 Å². The van der Waals surface area contributed by atoms with Crippen LogP contribution in [0.15, 0.2) is 33.7 Å². The largest absolute Gasteiger partial charge is 0.340 e. The van der Waals surface area contributed by atoms with Gasteiger partial charge in [0.1, 0.15) is 5.82 Å². The van der Waals surface area contributed by atoms with Crippen molar-refractivity contribution in [1.29, 1.82) is 0 Å². The predicted octanol–water partition coefficient (Wildman–Crippen LogP) is 1.02. The number of aryl methyl sites for hydroxylation is 1. The molecule has 0 N–H and O–H groups in total. The molecular formula is C14H17FN4O3S. The third-order valence-electron chi connectivity index (χ3n) is 3.72. The molecule has 0 unspecified atom stereocenters. The van der Waals surface area contributed by atoms with E-state index in [0.29, 0.717) is 44.4 Å². The maximum atomic E-state index is 12.9. The van der Waals surface area contributed by atoms with Crippen LogP contribution in [0.2, 0.25) is 0 Å². The Morgan fingerprint density at radius 3 is 2.39 bits per heavy atom. The standard InChI is InChI=1S/C14H17FN4O3S/c1-11-16-14(17-22-11)10-18-6-8-19(9-7-18)23(20,21)13-4-2-12(15)3-5-13/h2-5H,6-10H2,1H3. The van der Waals surface area contributed by atoms with E-state index in [1.807, 2.05) is 0 Å². The predicted molar refractivity (Wildman–Crippen MR) is 79.5 cm³/mol. The fourth-order valence-electron chi connectivity index (χ4n) is 2.49. The fraction of sp³-hybridized carbons (Fsp3) is 0.429. The Kier molecular flexibility index (Phi) is 4.42. The third kappa shape index (κ3) is 3.57. The van der Waals surface area contributed by atoms with Crippen LogP contribution < -0.4 is 0 Å². The molecule has 0 atom stereocenters. The summed E-state index contributed by atoms with van der Waals surface area (Å²) in [6.07, 6.45) is 0. The molecule has 2 aromatic rings. The Morgan fingerprint density at radius 2 is 1.83 bits per heavy atom. The number of benzene rings is 1. The lowest BCUT2D eigenvalue weighted by Crippen LogP contribution is -2.48. The van der Waals surface area contributed by atoms with Gasteiger partial charge in [-0.05, 0) is 24.3 Å². The molecule has 0 aliphatic carbocycles. The maximum Gasteiger partial charge on any atom is 0.243 e. The lowest BCUT2D eigenvalue weighted by Gasteiger charge is -2.33. The molecule has 0 radical (unpaired) electrons. The Hall–Kier alpha value is -1.84. The zero-order valence-electron chi connectivity index (χ0n) is 12.6. The number of nitrogens with zero attached hydrogens (tertiary/aromatic N) is 4. The number of hydrogen-bond acceptors (Lipinski definition) is 6. The smallest absolute Gasteiger partial charge is 0.243 e. The lowest BCUT2D eigenvalue weighted by atomic mass is 10.3. The number of sulfonamides is 1. The number of hydrogen-bond donors (Lipinski definition) is 0. The molecule has 0 spiro atoms. The molecule has 124 valence electrons. The number of rotatable bonds is 4. The lowest BCUT2D eigenvalue weighted by molar-refractivity contribution is 0.176. The van der Waals surface area contributed by atoms with E-state index in [0.717, 1.165) is 12.1 Å². The van der Waals surface area contributed by atoms with E-state index < -0.39 is 15.8 Å². The van der Waals surface area contributed by atoms with Gasteiger partial charge in [0.05, 0.1) is 11.4 Å². The van der Waals surface area contributed by atoms with Crippen molar-refractivity contribution in [2.24, 2.45) is 0 Å². The summed E-state index contributed by atoms with van der Waals surface area (Å²) >= 11 is 0. The highest BCUT2D eigenvalue weighted by molar-refractivity contribution is 7.89. The Balaban J connectivity index is 1.62. The van der Waals surface area contributed by atoms with Crippen molar-refractivity contribution in [2.45, 2.75) is 18.4 Å². The second-order valence-corrected chi connectivity index (χ2v) is 7.30. The minimum Gasteiger partial charge on any atom is -0.340 e. The van der Waals surface area contributed by atoms with Gasteiger partial charge >= 0.3 is 0 Å². The average molecular weight is 340 g/mol. The van der Waals surface area contributed by atoms with Gasteiger partial charge in [-0.15, -0.1) is 0 Å². The van der Waals surface area contributed by atoms with Gasteiger partial charge in [-0.3, -0.25) is 4.90 Å². The molecule has 3 rings (SSSR count). The fourth-order valence-corrected chi connectivity index (χ4v) is 3.91. The van der Waals surface area contributed by atoms with Gasteiger partial charge in [0.15, 0.2) is 5.82 Å². The summed E-state index contributed by atoms with van der Waals surface area (Å²) in [6.45, 7) is 4.15. The van der Waals surface area contributed by atoms with Crippen LogP contribution in [0.1, 0.15) is 11.7 Å². The van der Waals surface area contributed by atoms with Gasteiger partial charge in [0, 0.05) is 33.1 Å². The summed E-state index contributed by atoms with van der Waals surface area (Å²) < 4.78 is 44.3. The number of piperazine rings is 1. The zero-order chi connectivity index (χ0) is 16.4. The van der Waals surface area contributed by atoms with E-state index in [9.17, 15) is 12.8 Å². The molecule has 23 heavy (non-hydrogen) atoms.